The second-order valence-corrected chi connectivity index (χ2v) is 8.24. The minimum atomic E-state index is -0.458. The standard InChI is InChI=1S/C23H24ClN3O3/c1-16-2-4-17(5-3-16)23(30)26-12-10-25(11-13-26)19-6-8-20(9-7-19)27-15-18(22(24)29)14-21(27)28/h2-9,18H,10-15H2,1H3/t18-/m1/s1. The highest BCUT2D eigenvalue weighted by molar-refractivity contribution is 6.64. The van der Waals surface area contributed by atoms with E-state index in [0.717, 1.165) is 35.6 Å². The molecule has 2 heterocycles. The minimum Gasteiger partial charge on any atom is -0.368 e. The van der Waals surface area contributed by atoms with Crippen LogP contribution in [0.5, 0.6) is 0 Å². The van der Waals surface area contributed by atoms with E-state index in [1.54, 1.807) is 4.90 Å². The number of carbonyl (C=O) groups is 3. The van der Waals surface area contributed by atoms with Gasteiger partial charge in [0.05, 0.1) is 5.92 Å². The molecule has 2 amide bonds. The molecule has 156 valence electrons. The van der Waals surface area contributed by atoms with Crippen LogP contribution in [0.15, 0.2) is 48.5 Å². The summed E-state index contributed by atoms with van der Waals surface area (Å²) in [5, 5.41) is -0.458. The van der Waals surface area contributed by atoms with Crippen molar-refractivity contribution in [1.29, 1.82) is 0 Å². The third-order valence-electron chi connectivity index (χ3n) is 5.84. The molecular formula is C23H24ClN3O3. The smallest absolute Gasteiger partial charge is 0.253 e. The SMILES string of the molecule is Cc1ccc(C(=O)N2CCN(c3ccc(N4C[C@H](C(=O)Cl)CC4=O)cc3)CC2)cc1. The van der Waals surface area contributed by atoms with E-state index >= 15 is 0 Å². The Kier molecular flexibility index (Phi) is 5.77. The number of piperazine rings is 1. The molecule has 4 rings (SSSR count). The normalized spacial score (nSPS) is 19.3. The van der Waals surface area contributed by atoms with E-state index in [9.17, 15) is 14.4 Å². The molecule has 0 unspecified atom stereocenters. The summed E-state index contributed by atoms with van der Waals surface area (Å²) in [7, 11) is 0. The van der Waals surface area contributed by atoms with Gasteiger partial charge in [0.1, 0.15) is 0 Å². The summed E-state index contributed by atoms with van der Waals surface area (Å²) in [6.07, 6.45) is 0.168. The fraction of sp³-hybridized carbons (Fsp3) is 0.348. The lowest BCUT2D eigenvalue weighted by molar-refractivity contribution is -0.120. The highest BCUT2D eigenvalue weighted by Gasteiger charge is 2.34. The Balaban J connectivity index is 1.36. The van der Waals surface area contributed by atoms with E-state index in [0.29, 0.717) is 19.6 Å². The van der Waals surface area contributed by atoms with Crippen LogP contribution < -0.4 is 9.80 Å². The maximum absolute atomic E-state index is 12.7. The Hall–Kier alpha value is -2.86. The lowest BCUT2D eigenvalue weighted by Gasteiger charge is -2.36. The number of hydrogen-bond donors (Lipinski definition) is 0. The molecule has 6 nitrogen and oxygen atoms in total. The molecule has 0 N–H and O–H groups in total. The molecule has 2 aromatic carbocycles. The fourth-order valence-corrected chi connectivity index (χ4v) is 4.15. The Bertz CT molecular complexity index is 951. The molecule has 7 heteroatoms. The number of aryl methyl sites for hydroxylation is 1. The molecule has 0 radical (unpaired) electrons. The van der Waals surface area contributed by atoms with E-state index in [-0.39, 0.29) is 18.2 Å². The van der Waals surface area contributed by atoms with Gasteiger partial charge in [-0.05, 0) is 54.9 Å². The van der Waals surface area contributed by atoms with Gasteiger partial charge in [0, 0.05) is 56.1 Å². The molecule has 2 fully saturated rings. The fourth-order valence-electron chi connectivity index (χ4n) is 4.00. The molecule has 2 aliphatic rings. The van der Waals surface area contributed by atoms with E-state index < -0.39 is 11.2 Å². The molecule has 2 saturated heterocycles. The van der Waals surface area contributed by atoms with Gasteiger partial charge in [-0.1, -0.05) is 17.7 Å². The highest BCUT2D eigenvalue weighted by atomic mass is 35.5. The van der Waals surface area contributed by atoms with E-state index in [2.05, 4.69) is 4.90 Å². The Morgan fingerprint density at radius 2 is 1.50 bits per heavy atom. The van der Waals surface area contributed by atoms with Gasteiger partial charge in [0.15, 0.2) is 0 Å². The van der Waals surface area contributed by atoms with Gasteiger partial charge >= 0.3 is 0 Å². The van der Waals surface area contributed by atoms with Crippen LogP contribution in [0, 0.1) is 12.8 Å². The zero-order valence-electron chi connectivity index (χ0n) is 16.9. The summed E-state index contributed by atoms with van der Waals surface area (Å²) in [4.78, 5) is 42.0. The topological polar surface area (TPSA) is 60.9 Å². The van der Waals surface area contributed by atoms with Gasteiger partial charge in [0.25, 0.3) is 5.91 Å². The Morgan fingerprint density at radius 3 is 2.07 bits per heavy atom. The van der Waals surface area contributed by atoms with Crippen molar-refractivity contribution in [3.63, 3.8) is 0 Å². The third-order valence-corrected chi connectivity index (χ3v) is 6.15. The first-order valence-electron chi connectivity index (χ1n) is 10.1. The van der Waals surface area contributed by atoms with Crippen molar-refractivity contribution >= 4 is 40.0 Å². The molecule has 0 spiro atoms. The van der Waals surface area contributed by atoms with Crippen molar-refractivity contribution in [3.05, 3.63) is 59.7 Å². The quantitative estimate of drug-likeness (QED) is 0.706. The molecule has 0 aromatic heterocycles. The molecule has 2 aliphatic heterocycles. The Labute approximate surface area is 181 Å². The number of hydrogen-bond acceptors (Lipinski definition) is 4. The summed E-state index contributed by atoms with van der Waals surface area (Å²) < 4.78 is 0. The summed E-state index contributed by atoms with van der Waals surface area (Å²) in [5.41, 5.74) is 3.69. The van der Waals surface area contributed by atoms with E-state index in [1.807, 2.05) is 60.4 Å². The predicted octanol–water partition coefficient (Wildman–Crippen LogP) is 3.08. The van der Waals surface area contributed by atoms with Crippen LogP contribution >= 0.6 is 11.6 Å². The molecule has 2 aromatic rings. The van der Waals surface area contributed by atoms with Crippen molar-refractivity contribution in [2.75, 3.05) is 42.5 Å². The molecule has 0 bridgehead atoms. The molecule has 0 saturated carbocycles. The van der Waals surface area contributed by atoms with Gasteiger partial charge in [-0.3, -0.25) is 14.4 Å². The van der Waals surface area contributed by atoms with Gasteiger partial charge in [0.2, 0.25) is 11.1 Å². The number of benzene rings is 2. The second-order valence-electron chi connectivity index (χ2n) is 7.87. The first-order chi connectivity index (χ1) is 14.4. The lowest BCUT2D eigenvalue weighted by Crippen LogP contribution is -2.48. The number of nitrogens with zero attached hydrogens (tertiary/aromatic N) is 3. The molecular weight excluding hydrogens is 402 g/mol. The monoisotopic (exact) mass is 425 g/mol. The van der Waals surface area contributed by atoms with Crippen LogP contribution in [0.4, 0.5) is 11.4 Å². The average Bonchev–Trinajstić information content (AvgIpc) is 3.16. The van der Waals surface area contributed by atoms with Crippen molar-refractivity contribution in [2.24, 2.45) is 5.92 Å². The molecule has 0 aliphatic carbocycles. The van der Waals surface area contributed by atoms with Crippen molar-refractivity contribution in [2.45, 2.75) is 13.3 Å². The predicted molar refractivity (Wildman–Crippen MR) is 117 cm³/mol. The Morgan fingerprint density at radius 1 is 0.900 bits per heavy atom. The third kappa shape index (κ3) is 4.19. The number of carbonyl (C=O) groups excluding carboxylic acids is 3. The van der Waals surface area contributed by atoms with Crippen molar-refractivity contribution < 1.29 is 14.4 Å². The highest BCUT2D eigenvalue weighted by Crippen LogP contribution is 2.28. The number of halogens is 1. The van der Waals surface area contributed by atoms with Crippen LogP contribution in [0.2, 0.25) is 0 Å². The van der Waals surface area contributed by atoms with Gasteiger partial charge in [-0.25, -0.2) is 0 Å². The van der Waals surface area contributed by atoms with Gasteiger partial charge in [-0.15, -0.1) is 0 Å². The number of rotatable bonds is 4. The van der Waals surface area contributed by atoms with Crippen molar-refractivity contribution in [1.82, 2.24) is 4.90 Å². The minimum absolute atomic E-state index is 0.0703. The van der Waals surface area contributed by atoms with Crippen LogP contribution in [0.3, 0.4) is 0 Å². The maximum Gasteiger partial charge on any atom is 0.253 e. The van der Waals surface area contributed by atoms with E-state index in [4.69, 9.17) is 11.6 Å². The zero-order chi connectivity index (χ0) is 21.3. The van der Waals surface area contributed by atoms with Crippen LogP contribution in [0.1, 0.15) is 22.3 Å². The second kappa shape index (κ2) is 8.48. The summed E-state index contributed by atoms with van der Waals surface area (Å²) in [5.74, 6) is -0.441. The summed E-state index contributed by atoms with van der Waals surface area (Å²) in [6, 6.07) is 15.4. The average molecular weight is 426 g/mol. The maximum atomic E-state index is 12.7. The summed E-state index contributed by atoms with van der Waals surface area (Å²) in [6.45, 7) is 5.18. The molecule has 30 heavy (non-hydrogen) atoms. The summed E-state index contributed by atoms with van der Waals surface area (Å²) >= 11 is 5.56. The van der Waals surface area contributed by atoms with E-state index in [1.165, 1.54) is 0 Å². The van der Waals surface area contributed by atoms with Crippen molar-refractivity contribution in [3.8, 4) is 0 Å². The molecule has 1 atom stereocenters. The zero-order valence-corrected chi connectivity index (χ0v) is 17.6. The lowest BCUT2D eigenvalue weighted by atomic mass is 10.1. The van der Waals surface area contributed by atoms with Crippen LogP contribution in [-0.2, 0) is 9.59 Å². The van der Waals surface area contributed by atoms with Gasteiger partial charge < -0.3 is 14.7 Å². The number of anilines is 2. The van der Waals surface area contributed by atoms with Gasteiger partial charge in [-0.2, -0.15) is 0 Å². The van der Waals surface area contributed by atoms with Crippen LogP contribution in [-0.4, -0.2) is 54.7 Å². The largest absolute Gasteiger partial charge is 0.368 e. The first-order valence-corrected chi connectivity index (χ1v) is 10.5. The number of amides is 2. The first kappa shape index (κ1) is 20.4. The van der Waals surface area contributed by atoms with Crippen LogP contribution in [0.25, 0.3) is 0 Å².